The Labute approximate surface area is 88.1 Å². The lowest BCUT2D eigenvalue weighted by Crippen LogP contribution is -2.46. The normalized spacial score (nSPS) is 24.2. The van der Waals surface area contributed by atoms with Gasteiger partial charge in [0.1, 0.15) is 0 Å². The van der Waals surface area contributed by atoms with Crippen LogP contribution in [0.4, 0.5) is 0 Å². The van der Waals surface area contributed by atoms with Crippen molar-refractivity contribution in [1.29, 1.82) is 0 Å². The fraction of sp³-hybridized carbons (Fsp3) is 0.667. The van der Waals surface area contributed by atoms with Crippen molar-refractivity contribution in [1.82, 2.24) is 4.90 Å². The lowest BCUT2D eigenvalue weighted by molar-refractivity contribution is -0.140. The summed E-state index contributed by atoms with van der Waals surface area (Å²) in [6, 6.07) is -0.0332. The molecule has 0 aliphatic carbocycles. The zero-order chi connectivity index (χ0) is 10.4. The van der Waals surface area contributed by atoms with Crippen LogP contribution in [0.2, 0.25) is 0 Å². The number of carboxylic acid groups (broad SMARTS) is 1. The molecule has 1 fully saturated rings. The molecule has 1 aliphatic rings. The molecule has 4 nitrogen and oxygen atoms in total. The van der Waals surface area contributed by atoms with Crippen LogP contribution in [0.25, 0.3) is 0 Å². The van der Waals surface area contributed by atoms with E-state index in [-0.39, 0.29) is 12.5 Å². The maximum atomic E-state index is 10.6. The SMILES string of the molecule is O=C(O)CC1COCCN1CC=CCl. The topological polar surface area (TPSA) is 49.8 Å². The van der Waals surface area contributed by atoms with Gasteiger partial charge >= 0.3 is 5.97 Å². The summed E-state index contributed by atoms with van der Waals surface area (Å²) in [5.74, 6) is -0.791. The quantitative estimate of drug-likeness (QED) is 0.764. The van der Waals surface area contributed by atoms with Gasteiger partial charge in [0, 0.05) is 24.7 Å². The first kappa shape index (κ1) is 11.5. The molecule has 1 saturated heterocycles. The zero-order valence-electron chi connectivity index (χ0n) is 7.86. The van der Waals surface area contributed by atoms with Crippen molar-refractivity contribution in [2.24, 2.45) is 0 Å². The van der Waals surface area contributed by atoms with Crippen LogP contribution in [0.5, 0.6) is 0 Å². The van der Waals surface area contributed by atoms with Gasteiger partial charge in [0.15, 0.2) is 0 Å². The highest BCUT2D eigenvalue weighted by molar-refractivity contribution is 6.25. The molecular weight excluding hydrogens is 206 g/mol. The minimum Gasteiger partial charge on any atom is -0.481 e. The van der Waals surface area contributed by atoms with Crippen LogP contribution in [-0.2, 0) is 9.53 Å². The molecule has 1 atom stereocenters. The number of ether oxygens (including phenoxy) is 1. The molecule has 0 radical (unpaired) electrons. The fourth-order valence-corrected chi connectivity index (χ4v) is 1.57. The third-order valence-corrected chi connectivity index (χ3v) is 2.37. The van der Waals surface area contributed by atoms with Crippen molar-refractivity contribution in [3.8, 4) is 0 Å². The zero-order valence-corrected chi connectivity index (χ0v) is 8.61. The van der Waals surface area contributed by atoms with E-state index < -0.39 is 5.97 Å². The van der Waals surface area contributed by atoms with Gasteiger partial charge in [0.25, 0.3) is 0 Å². The van der Waals surface area contributed by atoms with Crippen LogP contribution in [0.1, 0.15) is 6.42 Å². The molecule has 1 unspecified atom stereocenters. The molecule has 0 aromatic heterocycles. The summed E-state index contributed by atoms with van der Waals surface area (Å²) in [4.78, 5) is 12.6. The molecular formula is C9H14ClNO3. The van der Waals surface area contributed by atoms with Gasteiger partial charge in [0.05, 0.1) is 19.6 Å². The Kier molecular flexibility index (Phi) is 4.93. The van der Waals surface area contributed by atoms with Crippen molar-refractivity contribution in [2.75, 3.05) is 26.3 Å². The molecule has 5 heteroatoms. The molecule has 0 bridgehead atoms. The van der Waals surface area contributed by atoms with E-state index in [1.54, 1.807) is 0 Å². The highest BCUT2D eigenvalue weighted by atomic mass is 35.5. The number of halogens is 1. The molecule has 1 heterocycles. The maximum absolute atomic E-state index is 10.6. The van der Waals surface area contributed by atoms with Gasteiger partial charge in [-0.2, -0.15) is 0 Å². The molecule has 80 valence electrons. The monoisotopic (exact) mass is 219 g/mol. The van der Waals surface area contributed by atoms with E-state index in [0.29, 0.717) is 19.8 Å². The molecule has 1 N–H and O–H groups in total. The number of rotatable bonds is 4. The average Bonchev–Trinajstić information content (AvgIpc) is 2.16. The van der Waals surface area contributed by atoms with E-state index in [4.69, 9.17) is 21.4 Å². The van der Waals surface area contributed by atoms with E-state index >= 15 is 0 Å². The van der Waals surface area contributed by atoms with Crippen LogP contribution < -0.4 is 0 Å². The van der Waals surface area contributed by atoms with Crippen molar-refractivity contribution in [3.05, 3.63) is 11.6 Å². The first-order valence-electron chi connectivity index (χ1n) is 4.53. The van der Waals surface area contributed by atoms with Crippen LogP contribution in [-0.4, -0.2) is 48.3 Å². The summed E-state index contributed by atoms with van der Waals surface area (Å²) in [5.41, 5.74) is 1.45. The Morgan fingerprint density at radius 1 is 1.71 bits per heavy atom. The van der Waals surface area contributed by atoms with Crippen molar-refractivity contribution in [2.45, 2.75) is 12.5 Å². The molecule has 0 spiro atoms. The lowest BCUT2D eigenvalue weighted by Gasteiger charge is -2.33. The molecule has 0 saturated carbocycles. The van der Waals surface area contributed by atoms with Gasteiger partial charge in [-0.05, 0) is 0 Å². The first-order valence-corrected chi connectivity index (χ1v) is 4.96. The maximum Gasteiger partial charge on any atom is 0.305 e. The predicted octanol–water partition coefficient (Wildman–Crippen LogP) is 0.914. The molecule has 1 rings (SSSR count). The highest BCUT2D eigenvalue weighted by Crippen LogP contribution is 2.10. The predicted molar refractivity (Wildman–Crippen MR) is 53.4 cm³/mol. The van der Waals surface area contributed by atoms with E-state index in [2.05, 4.69) is 4.90 Å². The number of aliphatic carboxylic acids is 1. The Bertz CT molecular complexity index is 220. The summed E-state index contributed by atoms with van der Waals surface area (Å²) in [5, 5.41) is 8.68. The minimum absolute atomic E-state index is 0.0332. The van der Waals surface area contributed by atoms with Gasteiger partial charge in [-0.1, -0.05) is 17.7 Å². The van der Waals surface area contributed by atoms with Gasteiger partial charge in [0.2, 0.25) is 0 Å². The molecule has 0 aromatic carbocycles. The number of hydrogen-bond donors (Lipinski definition) is 1. The van der Waals surface area contributed by atoms with E-state index in [1.165, 1.54) is 5.54 Å². The van der Waals surface area contributed by atoms with Gasteiger partial charge < -0.3 is 9.84 Å². The first-order chi connectivity index (χ1) is 6.74. The Hall–Kier alpha value is -0.580. The van der Waals surface area contributed by atoms with Crippen molar-refractivity contribution in [3.63, 3.8) is 0 Å². The summed E-state index contributed by atoms with van der Waals surface area (Å²) in [7, 11) is 0. The van der Waals surface area contributed by atoms with Gasteiger partial charge in [-0.3, -0.25) is 9.69 Å². The Morgan fingerprint density at radius 3 is 3.14 bits per heavy atom. The summed E-state index contributed by atoms with van der Waals surface area (Å²) in [6.45, 7) is 2.60. The molecule has 0 aromatic rings. The van der Waals surface area contributed by atoms with Crippen molar-refractivity contribution >= 4 is 17.6 Å². The standard InChI is InChI=1S/C9H14ClNO3/c10-2-1-3-11-4-5-14-7-8(11)6-9(12)13/h1-2,8H,3-7H2,(H,12,13). The highest BCUT2D eigenvalue weighted by Gasteiger charge is 2.23. The lowest BCUT2D eigenvalue weighted by atomic mass is 10.1. The number of carboxylic acids is 1. The van der Waals surface area contributed by atoms with Gasteiger partial charge in [-0.15, -0.1) is 0 Å². The van der Waals surface area contributed by atoms with Gasteiger partial charge in [-0.25, -0.2) is 0 Å². The largest absolute Gasteiger partial charge is 0.481 e. The molecule has 1 aliphatic heterocycles. The van der Waals surface area contributed by atoms with Crippen LogP contribution in [0, 0.1) is 0 Å². The second kappa shape index (κ2) is 6.01. The fourth-order valence-electron chi connectivity index (χ4n) is 1.49. The van der Waals surface area contributed by atoms with E-state index in [1.807, 2.05) is 6.08 Å². The molecule has 14 heavy (non-hydrogen) atoms. The van der Waals surface area contributed by atoms with Crippen molar-refractivity contribution < 1.29 is 14.6 Å². The summed E-state index contributed by atoms with van der Waals surface area (Å²) in [6.07, 6.45) is 1.93. The Balaban J connectivity index is 2.45. The molecule has 0 amide bonds. The second-order valence-corrected chi connectivity index (χ2v) is 3.44. The smallest absolute Gasteiger partial charge is 0.305 e. The number of morpholine rings is 1. The minimum atomic E-state index is -0.791. The number of carbonyl (C=O) groups is 1. The Morgan fingerprint density at radius 2 is 2.50 bits per heavy atom. The summed E-state index contributed by atoms with van der Waals surface area (Å²) >= 11 is 5.42. The van der Waals surface area contributed by atoms with Crippen LogP contribution in [0.15, 0.2) is 11.6 Å². The van der Waals surface area contributed by atoms with E-state index in [9.17, 15) is 4.79 Å². The van der Waals surface area contributed by atoms with E-state index in [0.717, 1.165) is 6.54 Å². The third kappa shape index (κ3) is 3.65. The summed E-state index contributed by atoms with van der Waals surface area (Å²) < 4.78 is 5.23. The second-order valence-electron chi connectivity index (χ2n) is 3.18. The average molecular weight is 220 g/mol. The number of hydrogen-bond acceptors (Lipinski definition) is 3. The van der Waals surface area contributed by atoms with Crippen LogP contribution >= 0.6 is 11.6 Å². The third-order valence-electron chi connectivity index (χ3n) is 2.19. The van der Waals surface area contributed by atoms with Crippen LogP contribution in [0.3, 0.4) is 0 Å². The number of nitrogens with zero attached hydrogens (tertiary/aromatic N) is 1.